The van der Waals surface area contributed by atoms with Gasteiger partial charge in [0.25, 0.3) is 5.91 Å². The minimum atomic E-state index is -0.234. The number of carbonyl (C=O) groups excluding carboxylic acids is 1. The molecule has 2 rings (SSSR count). The zero-order valence-electron chi connectivity index (χ0n) is 11.3. The van der Waals surface area contributed by atoms with Crippen molar-refractivity contribution >= 4 is 34.5 Å². The second kappa shape index (κ2) is 7.14. The zero-order chi connectivity index (χ0) is 15.2. The molecule has 1 aromatic carbocycles. The Morgan fingerprint density at radius 3 is 3.00 bits per heavy atom. The summed E-state index contributed by atoms with van der Waals surface area (Å²) in [5.41, 5.74) is 6.58. The Labute approximate surface area is 131 Å². The van der Waals surface area contributed by atoms with E-state index in [0.717, 1.165) is 0 Å². The van der Waals surface area contributed by atoms with Gasteiger partial charge in [0.15, 0.2) is 0 Å². The monoisotopic (exact) mass is 320 g/mol. The molecule has 6 heteroatoms. The quantitative estimate of drug-likeness (QED) is 0.855. The van der Waals surface area contributed by atoms with Crippen LogP contribution >= 0.6 is 22.9 Å². The number of amides is 1. The number of anilines is 1. The van der Waals surface area contributed by atoms with Gasteiger partial charge in [-0.1, -0.05) is 23.4 Å². The van der Waals surface area contributed by atoms with Gasteiger partial charge in [0.2, 0.25) is 0 Å². The lowest BCUT2D eigenvalue weighted by Gasteiger charge is -2.07. The van der Waals surface area contributed by atoms with Crippen molar-refractivity contribution in [2.24, 2.45) is 5.73 Å². The highest BCUT2D eigenvalue weighted by molar-refractivity contribution is 7.12. The fourth-order valence-electron chi connectivity index (χ4n) is 1.66. The maximum absolute atomic E-state index is 12.2. The highest BCUT2D eigenvalue weighted by Gasteiger charge is 2.14. The number of halogens is 1. The molecule has 0 aliphatic heterocycles. The van der Waals surface area contributed by atoms with Crippen molar-refractivity contribution in [2.45, 2.75) is 0 Å². The summed E-state index contributed by atoms with van der Waals surface area (Å²) in [5.74, 6) is 5.91. The van der Waals surface area contributed by atoms with E-state index in [-0.39, 0.29) is 12.5 Å². The summed E-state index contributed by atoms with van der Waals surface area (Å²) in [5, 5.41) is 5.11. The highest BCUT2D eigenvalue weighted by atomic mass is 35.5. The van der Waals surface area contributed by atoms with Crippen molar-refractivity contribution in [2.75, 3.05) is 19.0 Å². The van der Waals surface area contributed by atoms with E-state index in [9.17, 15) is 4.79 Å². The molecule has 0 saturated carbocycles. The van der Waals surface area contributed by atoms with Crippen molar-refractivity contribution in [3.8, 4) is 17.6 Å². The van der Waals surface area contributed by atoms with E-state index in [1.165, 1.54) is 18.4 Å². The van der Waals surface area contributed by atoms with E-state index in [1.807, 2.05) is 0 Å². The number of hydrogen-bond donors (Lipinski definition) is 2. The summed E-state index contributed by atoms with van der Waals surface area (Å²) in [6.45, 7) is 0.249. The van der Waals surface area contributed by atoms with Gasteiger partial charge in [0.1, 0.15) is 10.6 Å². The molecule has 0 spiro atoms. The van der Waals surface area contributed by atoms with Crippen LogP contribution in [-0.4, -0.2) is 19.6 Å². The molecule has 0 saturated heterocycles. The van der Waals surface area contributed by atoms with Gasteiger partial charge in [0.05, 0.1) is 18.7 Å². The molecular formula is C15H13ClN2O2S. The summed E-state index contributed by atoms with van der Waals surface area (Å²) in [6.07, 6.45) is 0. The predicted octanol–water partition coefficient (Wildman–Crippen LogP) is 2.97. The van der Waals surface area contributed by atoms with Gasteiger partial charge in [-0.3, -0.25) is 4.79 Å². The molecule has 0 aliphatic rings. The number of thiophene rings is 1. The molecule has 1 heterocycles. The lowest BCUT2D eigenvalue weighted by Crippen LogP contribution is -2.11. The molecule has 4 nitrogen and oxygen atoms in total. The Morgan fingerprint density at radius 2 is 2.29 bits per heavy atom. The Morgan fingerprint density at radius 1 is 1.48 bits per heavy atom. The minimum absolute atomic E-state index is 0.234. The lowest BCUT2D eigenvalue weighted by molar-refractivity contribution is 0.102. The third-order valence-electron chi connectivity index (χ3n) is 2.60. The summed E-state index contributed by atoms with van der Waals surface area (Å²) in [7, 11) is 1.53. The number of benzene rings is 1. The number of nitrogens with one attached hydrogen (secondary N) is 1. The normalized spacial score (nSPS) is 9.67. The van der Waals surface area contributed by atoms with Gasteiger partial charge < -0.3 is 15.8 Å². The number of rotatable bonds is 3. The van der Waals surface area contributed by atoms with E-state index in [4.69, 9.17) is 22.1 Å². The molecule has 0 radical (unpaired) electrons. The average molecular weight is 321 g/mol. The molecule has 0 aliphatic carbocycles. The van der Waals surface area contributed by atoms with Crippen LogP contribution in [0, 0.1) is 11.8 Å². The highest BCUT2D eigenvalue weighted by Crippen LogP contribution is 2.26. The number of carbonyl (C=O) groups is 1. The van der Waals surface area contributed by atoms with Crippen molar-refractivity contribution in [1.82, 2.24) is 0 Å². The largest absolute Gasteiger partial charge is 0.495 e. The molecular weight excluding hydrogens is 308 g/mol. The Kier molecular flexibility index (Phi) is 5.23. The SMILES string of the molecule is COc1ccsc1C(=O)Nc1ccc(Cl)c(C#CCN)c1. The lowest BCUT2D eigenvalue weighted by atomic mass is 10.2. The maximum Gasteiger partial charge on any atom is 0.269 e. The van der Waals surface area contributed by atoms with E-state index in [0.29, 0.717) is 26.9 Å². The van der Waals surface area contributed by atoms with Crippen molar-refractivity contribution in [3.63, 3.8) is 0 Å². The maximum atomic E-state index is 12.2. The number of nitrogens with two attached hydrogens (primary N) is 1. The minimum Gasteiger partial charge on any atom is -0.495 e. The summed E-state index contributed by atoms with van der Waals surface area (Å²) < 4.78 is 5.13. The van der Waals surface area contributed by atoms with E-state index < -0.39 is 0 Å². The second-order valence-electron chi connectivity index (χ2n) is 3.97. The first-order valence-corrected chi connectivity index (χ1v) is 7.32. The average Bonchev–Trinajstić information content (AvgIpc) is 2.96. The molecule has 3 N–H and O–H groups in total. The summed E-state index contributed by atoms with van der Waals surface area (Å²) in [6, 6.07) is 6.86. The molecule has 21 heavy (non-hydrogen) atoms. The van der Waals surface area contributed by atoms with Crippen LogP contribution in [0.4, 0.5) is 5.69 Å². The molecule has 108 valence electrons. The van der Waals surface area contributed by atoms with Crippen LogP contribution in [0.5, 0.6) is 5.75 Å². The van der Waals surface area contributed by atoms with Crippen LogP contribution in [0.1, 0.15) is 15.2 Å². The van der Waals surface area contributed by atoms with E-state index in [2.05, 4.69) is 17.2 Å². The third kappa shape index (κ3) is 3.76. The topological polar surface area (TPSA) is 64.3 Å². The molecule has 0 fully saturated rings. The first-order chi connectivity index (χ1) is 10.2. The van der Waals surface area contributed by atoms with Gasteiger partial charge >= 0.3 is 0 Å². The predicted molar refractivity (Wildman–Crippen MR) is 86.2 cm³/mol. The van der Waals surface area contributed by atoms with Gasteiger partial charge in [-0.05, 0) is 29.6 Å². The number of ether oxygens (including phenoxy) is 1. The molecule has 0 atom stereocenters. The van der Waals surface area contributed by atoms with E-state index in [1.54, 1.807) is 29.6 Å². The number of hydrogen-bond acceptors (Lipinski definition) is 4. The Bertz CT molecular complexity index is 716. The molecule has 0 bridgehead atoms. The molecule has 0 unspecified atom stereocenters. The van der Waals surface area contributed by atoms with Crippen LogP contribution in [0.3, 0.4) is 0 Å². The number of methoxy groups -OCH3 is 1. The van der Waals surface area contributed by atoms with Gasteiger partial charge in [0, 0.05) is 11.3 Å². The summed E-state index contributed by atoms with van der Waals surface area (Å²) in [4.78, 5) is 12.7. The summed E-state index contributed by atoms with van der Waals surface area (Å²) >= 11 is 7.36. The van der Waals surface area contributed by atoms with Crippen molar-refractivity contribution in [1.29, 1.82) is 0 Å². The standard InChI is InChI=1S/C15H13ClN2O2S/c1-20-13-6-8-21-14(13)15(19)18-11-4-5-12(16)10(9-11)3-2-7-17/h4-6,8-9H,7,17H2,1H3,(H,18,19). The van der Waals surface area contributed by atoms with Crippen LogP contribution in [0.2, 0.25) is 5.02 Å². The fraction of sp³-hybridized carbons (Fsp3) is 0.133. The van der Waals surface area contributed by atoms with Crippen LogP contribution in [0.25, 0.3) is 0 Å². The molecule has 2 aromatic rings. The van der Waals surface area contributed by atoms with Gasteiger partial charge in [-0.15, -0.1) is 11.3 Å². The molecule has 1 aromatic heterocycles. The van der Waals surface area contributed by atoms with Crippen molar-refractivity contribution < 1.29 is 9.53 Å². The first-order valence-electron chi connectivity index (χ1n) is 6.07. The first kappa shape index (κ1) is 15.4. The smallest absolute Gasteiger partial charge is 0.269 e. The zero-order valence-corrected chi connectivity index (χ0v) is 12.8. The van der Waals surface area contributed by atoms with Crippen LogP contribution in [-0.2, 0) is 0 Å². The fourth-order valence-corrected chi connectivity index (χ4v) is 2.57. The van der Waals surface area contributed by atoms with Crippen LogP contribution < -0.4 is 15.8 Å². The van der Waals surface area contributed by atoms with Gasteiger partial charge in [-0.25, -0.2) is 0 Å². The molecule has 1 amide bonds. The second-order valence-corrected chi connectivity index (χ2v) is 5.30. The van der Waals surface area contributed by atoms with Crippen molar-refractivity contribution in [3.05, 3.63) is 45.1 Å². The Balaban J connectivity index is 2.22. The van der Waals surface area contributed by atoms with Crippen LogP contribution in [0.15, 0.2) is 29.6 Å². The van der Waals surface area contributed by atoms with E-state index >= 15 is 0 Å². The van der Waals surface area contributed by atoms with Gasteiger partial charge in [-0.2, -0.15) is 0 Å². The Hall–Kier alpha value is -2.00. The third-order valence-corrected chi connectivity index (χ3v) is 3.83.